The number of rotatable bonds is 52. The molecule has 70 heavy (non-hydrogen) atoms. The van der Waals surface area contributed by atoms with E-state index in [-0.39, 0.29) is 37.5 Å². The summed E-state index contributed by atoms with van der Waals surface area (Å²) in [4.78, 5) is 38.2. The van der Waals surface area contributed by atoms with Crippen molar-refractivity contribution in [2.24, 2.45) is 0 Å². The third kappa shape index (κ3) is 55.3. The number of hydrogen-bond donors (Lipinski definition) is 0. The second kappa shape index (κ2) is 57.9. The first-order chi connectivity index (χ1) is 34.5. The molecule has 0 aliphatic rings. The zero-order valence-electron chi connectivity index (χ0n) is 45.8. The number of hydrogen-bond acceptors (Lipinski definition) is 6. The van der Waals surface area contributed by atoms with Crippen LogP contribution >= 0.6 is 0 Å². The number of carbonyl (C=O) groups is 3. The molecule has 0 aromatic carbocycles. The van der Waals surface area contributed by atoms with Gasteiger partial charge in [0.1, 0.15) is 13.2 Å². The Bertz CT molecular complexity index is 1400. The lowest BCUT2D eigenvalue weighted by molar-refractivity contribution is -0.167. The second-order valence-corrected chi connectivity index (χ2v) is 19.2. The Morgan fingerprint density at radius 1 is 0.300 bits per heavy atom. The maximum absolute atomic E-state index is 12.8. The smallest absolute Gasteiger partial charge is 0.306 e. The van der Waals surface area contributed by atoms with Crippen molar-refractivity contribution in [1.29, 1.82) is 0 Å². The quantitative estimate of drug-likeness (QED) is 0.0262. The lowest BCUT2D eigenvalue weighted by Gasteiger charge is -2.18. The summed E-state index contributed by atoms with van der Waals surface area (Å²) >= 11 is 0. The molecule has 0 saturated heterocycles. The Hall–Kier alpha value is -3.67. The van der Waals surface area contributed by atoms with E-state index in [0.717, 1.165) is 89.9 Å². The third-order valence-corrected chi connectivity index (χ3v) is 12.3. The molecular weight excluding hydrogens is 865 g/mol. The van der Waals surface area contributed by atoms with Gasteiger partial charge in [-0.2, -0.15) is 0 Å². The lowest BCUT2D eigenvalue weighted by Crippen LogP contribution is -2.30. The molecule has 0 aromatic heterocycles. The van der Waals surface area contributed by atoms with Gasteiger partial charge in [0.2, 0.25) is 0 Å². The predicted octanol–water partition coefficient (Wildman–Crippen LogP) is 19.7. The fourth-order valence-corrected chi connectivity index (χ4v) is 7.91. The Kier molecular flexibility index (Phi) is 54.9. The molecule has 0 rings (SSSR count). The first-order valence-electron chi connectivity index (χ1n) is 29.2. The maximum atomic E-state index is 12.8. The van der Waals surface area contributed by atoms with Crippen LogP contribution in [0.1, 0.15) is 271 Å². The van der Waals surface area contributed by atoms with Crippen molar-refractivity contribution in [3.8, 4) is 0 Å². The monoisotopic (exact) mass is 973 g/mol. The Morgan fingerprint density at radius 3 is 0.957 bits per heavy atom. The normalized spacial score (nSPS) is 12.8. The van der Waals surface area contributed by atoms with E-state index in [1.807, 2.05) is 0 Å². The number of ether oxygens (including phenoxy) is 3. The van der Waals surface area contributed by atoms with Crippen molar-refractivity contribution in [1.82, 2.24) is 0 Å². The number of allylic oxidation sites excluding steroid dienone is 16. The standard InChI is InChI=1S/C64H108O6/c1-4-7-10-13-16-19-22-25-28-31-34-36-39-42-45-48-51-54-57-63(66)69-60-61(70-64(67)58-55-52-49-46-43-40-37-33-30-27-24-21-18-15-12-9-6-3)59-68-62(65)56-53-50-47-44-41-38-35-32-29-26-23-20-17-14-11-8-5-2/h9,12,17-18,20-21,26-31,37,40,46,49,61H,4-8,10-11,13-16,19,22-25,32-36,38-39,41-45,47-48,50-60H2,1-3H3/b12-9-,20-17-,21-18-,29-26-,30-27-,31-28-,40-37-,49-46-. The first kappa shape index (κ1) is 66.3. The summed E-state index contributed by atoms with van der Waals surface area (Å²) in [6.07, 6.45) is 76.9. The minimum atomic E-state index is -0.814. The summed E-state index contributed by atoms with van der Waals surface area (Å²) in [6, 6.07) is 0. The van der Waals surface area contributed by atoms with Crippen molar-refractivity contribution in [2.45, 2.75) is 277 Å². The molecule has 0 fully saturated rings. The highest BCUT2D eigenvalue weighted by Crippen LogP contribution is 2.14. The van der Waals surface area contributed by atoms with Gasteiger partial charge in [-0.05, 0) is 116 Å². The van der Waals surface area contributed by atoms with Crippen LogP contribution in [-0.4, -0.2) is 37.2 Å². The van der Waals surface area contributed by atoms with Crippen LogP contribution in [0.4, 0.5) is 0 Å². The molecule has 0 saturated carbocycles. The van der Waals surface area contributed by atoms with Gasteiger partial charge in [-0.1, -0.05) is 234 Å². The fraction of sp³-hybridized carbons (Fsp3) is 0.703. The molecule has 0 bridgehead atoms. The van der Waals surface area contributed by atoms with Crippen LogP contribution in [0.2, 0.25) is 0 Å². The van der Waals surface area contributed by atoms with Crippen LogP contribution < -0.4 is 0 Å². The van der Waals surface area contributed by atoms with E-state index in [1.54, 1.807) is 0 Å². The van der Waals surface area contributed by atoms with Crippen LogP contribution in [-0.2, 0) is 28.6 Å². The topological polar surface area (TPSA) is 78.9 Å². The van der Waals surface area contributed by atoms with Crippen molar-refractivity contribution in [3.63, 3.8) is 0 Å². The van der Waals surface area contributed by atoms with E-state index in [2.05, 4.69) is 118 Å². The molecular formula is C64H108O6. The highest BCUT2D eigenvalue weighted by Gasteiger charge is 2.19. The van der Waals surface area contributed by atoms with Gasteiger partial charge in [0.05, 0.1) is 0 Å². The Labute approximate surface area is 432 Å². The van der Waals surface area contributed by atoms with Gasteiger partial charge in [0.15, 0.2) is 6.10 Å². The highest BCUT2D eigenvalue weighted by molar-refractivity contribution is 5.71. The van der Waals surface area contributed by atoms with Gasteiger partial charge in [-0.25, -0.2) is 0 Å². The SMILES string of the molecule is CC/C=C\C/C=C\C/C=C\C/C=C\C/C=C\CCCC(=O)OC(COC(=O)CCCCCCCCC/C=C\C/C=C\CCCCC)COC(=O)CCCCCCCCC/C=C\CCCCCCCCC. The van der Waals surface area contributed by atoms with E-state index in [9.17, 15) is 14.4 Å². The summed E-state index contributed by atoms with van der Waals surface area (Å²) in [5, 5.41) is 0. The number of esters is 3. The molecule has 0 heterocycles. The molecule has 400 valence electrons. The second-order valence-electron chi connectivity index (χ2n) is 19.2. The minimum absolute atomic E-state index is 0.105. The van der Waals surface area contributed by atoms with Crippen molar-refractivity contribution >= 4 is 17.9 Å². The molecule has 0 radical (unpaired) electrons. The Morgan fingerprint density at radius 2 is 0.571 bits per heavy atom. The average molecular weight is 974 g/mol. The summed E-state index contributed by atoms with van der Waals surface area (Å²) in [5.74, 6) is -0.972. The number of unbranched alkanes of at least 4 members (excludes halogenated alkanes) is 25. The zero-order valence-corrected chi connectivity index (χ0v) is 45.8. The van der Waals surface area contributed by atoms with Gasteiger partial charge < -0.3 is 14.2 Å². The van der Waals surface area contributed by atoms with E-state index in [0.29, 0.717) is 19.3 Å². The summed E-state index contributed by atoms with van der Waals surface area (Å²) in [7, 11) is 0. The molecule has 0 amide bonds. The van der Waals surface area contributed by atoms with Crippen molar-refractivity contribution < 1.29 is 28.6 Å². The van der Waals surface area contributed by atoms with Crippen LogP contribution in [0.15, 0.2) is 97.2 Å². The highest BCUT2D eigenvalue weighted by atomic mass is 16.6. The predicted molar refractivity (Wildman–Crippen MR) is 302 cm³/mol. The molecule has 0 aliphatic carbocycles. The largest absolute Gasteiger partial charge is 0.462 e. The van der Waals surface area contributed by atoms with Crippen molar-refractivity contribution in [2.75, 3.05) is 13.2 Å². The van der Waals surface area contributed by atoms with Crippen molar-refractivity contribution in [3.05, 3.63) is 97.2 Å². The molecule has 0 N–H and O–H groups in total. The van der Waals surface area contributed by atoms with Crippen LogP contribution in [0.3, 0.4) is 0 Å². The summed E-state index contributed by atoms with van der Waals surface area (Å²) < 4.78 is 16.8. The molecule has 6 heteroatoms. The van der Waals surface area contributed by atoms with Crippen LogP contribution in [0.5, 0.6) is 0 Å². The molecule has 1 atom stereocenters. The van der Waals surface area contributed by atoms with E-state index >= 15 is 0 Å². The van der Waals surface area contributed by atoms with E-state index < -0.39 is 6.10 Å². The Balaban J connectivity index is 4.49. The van der Waals surface area contributed by atoms with E-state index in [4.69, 9.17) is 14.2 Å². The van der Waals surface area contributed by atoms with E-state index in [1.165, 1.54) is 135 Å². The number of carbonyl (C=O) groups excluding carboxylic acids is 3. The zero-order chi connectivity index (χ0) is 50.7. The van der Waals surface area contributed by atoms with Crippen LogP contribution in [0, 0.1) is 0 Å². The van der Waals surface area contributed by atoms with Crippen LogP contribution in [0.25, 0.3) is 0 Å². The van der Waals surface area contributed by atoms with Gasteiger partial charge in [0, 0.05) is 19.3 Å². The fourth-order valence-electron chi connectivity index (χ4n) is 7.91. The third-order valence-electron chi connectivity index (χ3n) is 12.3. The minimum Gasteiger partial charge on any atom is -0.462 e. The first-order valence-corrected chi connectivity index (χ1v) is 29.2. The molecule has 0 aromatic rings. The summed E-state index contributed by atoms with van der Waals surface area (Å²) in [6.45, 7) is 6.45. The molecule has 1 unspecified atom stereocenters. The van der Waals surface area contributed by atoms with Gasteiger partial charge in [0.25, 0.3) is 0 Å². The summed E-state index contributed by atoms with van der Waals surface area (Å²) in [5.41, 5.74) is 0. The lowest BCUT2D eigenvalue weighted by atomic mass is 10.1. The maximum Gasteiger partial charge on any atom is 0.306 e. The molecule has 6 nitrogen and oxygen atoms in total. The average Bonchev–Trinajstić information content (AvgIpc) is 3.36. The van der Waals surface area contributed by atoms with Gasteiger partial charge >= 0.3 is 17.9 Å². The van der Waals surface area contributed by atoms with Gasteiger partial charge in [-0.3, -0.25) is 14.4 Å². The molecule has 0 spiro atoms. The molecule has 0 aliphatic heterocycles. The van der Waals surface area contributed by atoms with Gasteiger partial charge in [-0.15, -0.1) is 0 Å².